The number of benzene rings is 2. The molecule has 6 nitrogen and oxygen atoms in total. The van der Waals surface area contributed by atoms with Gasteiger partial charge in [0.1, 0.15) is 5.82 Å². The number of H-pyrrole nitrogens is 1. The molecule has 0 aliphatic rings. The van der Waals surface area contributed by atoms with E-state index in [1.54, 1.807) is 30.3 Å². The summed E-state index contributed by atoms with van der Waals surface area (Å²) >= 11 is 0. The van der Waals surface area contributed by atoms with Gasteiger partial charge in [0.15, 0.2) is 5.82 Å². The van der Waals surface area contributed by atoms with E-state index in [4.69, 9.17) is 0 Å². The third-order valence-electron chi connectivity index (χ3n) is 3.76. The first-order valence-electron chi connectivity index (χ1n) is 8.03. The van der Waals surface area contributed by atoms with Crippen molar-refractivity contribution in [2.75, 3.05) is 6.54 Å². The number of hydrogen-bond acceptors (Lipinski definition) is 4. The summed E-state index contributed by atoms with van der Waals surface area (Å²) in [6.45, 7) is 2.30. The zero-order valence-corrected chi connectivity index (χ0v) is 14.8. The van der Waals surface area contributed by atoms with Crippen LogP contribution in [0.3, 0.4) is 0 Å². The highest BCUT2D eigenvalue weighted by Gasteiger charge is 2.13. The van der Waals surface area contributed by atoms with Crippen LogP contribution in [-0.2, 0) is 22.9 Å². The van der Waals surface area contributed by atoms with Gasteiger partial charge in [-0.2, -0.15) is 5.10 Å². The summed E-state index contributed by atoms with van der Waals surface area (Å²) in [5.41, 5.74) is 2.37. The Bertz CT molecular complexity index is 919. The molecule has 0 unspecified atom stereocenters. The number of aromatic nitrogens is 3. The second-order valence-corrected chi connectivity index (χ2v) is 7.59. The molecular weight excluding hydrogens is 336 g/mol. The summed E-state index contributed by atoms with van der Waals surface area (Å²) in [6.07, 6.45) is 1.10. The van der Waals surface area contributed by atoms with E-state index in [1.807, 2.05) is 6.92 Å². The lowest BCUT2D eigenvalue weighted by Gasteiger charge is -2.04. The van der Waals surface area contributed by atoms with Gasteiger partial charge in [-0.05, 0) is 24.6 Å². The summed E-state index contributed by atoms with van der Waals surface area (Å²) < 4.78 is 26.8. The first kappa shape index (κ1) is 17.3. The SMILES string of the molecule is Cc1ccc(Cc2nc(CCNS(=O)(=O)c3ccccc3)n[nH]2)cc1. The third kappa shape index (κ3) is 4.74. The van der Waals surface area contributed by atoms with E-state index in [0.717, 1.165) is 11.4 Å². The third-order valence-corrected chi connectivity index (χ3v) is 5.24. The average Bonchev–Trinajstić information content (AvgIpc) is 3.05. The topological polar surface area (TPSA) is 87.7 Å². The molecule has 25 heavy (non-hydrogen) atoms. The van der Waals surface area contributed by atoms with Crippen molar-refractivity contribution in [1.29, 1.82) is 0 Å². The highest BCUT2D eigenvalue weighted by molar-refractivity contribution is 7.89. The van der Waals surface area contributed by atoms with Crippen molar-refractivity contribution in [1.82, 2.24) is 19.9 Å². The molecule has 1 heterocycles. The molecule has 2 aromatic carbocycles. The van der Waals surface area contributed by atoms with Crippen LogP contribution in [-0.4, -0.2) is 30.1 Å². The molecule has 0 fully saturated rings. The normalized spacial score (nSPS) is 11.6. The van der Waals surface area contributed by atoms with E-state index in [2.05, 4.69) is 44.2 Å². The number of aryl methyl sites for hydroxylation is 1. The van der Waals surface area contributed by atoms with E-state index in [0.29, 0.717) is 18.7 Å². The molecule has 1 aromatic heterocycles. The monoisotopic (exact) mass is 356 g/mol. The molecule has 0 saturated carbocycles. The number of nitrogens with zero attached hydrogens (tertiary/aromatic N) is 2. The summed E-state index contributed by atoms with van der Waals surface area (Å²) in [7, 11) is -3.49. The fourth-order valence-corrected chi connectivity index (χ4v) is 3.46. The molecular formula is C18H20N4O2S. The minimum Gasteiger partial charge on any atom is -0.263 e. The van der Waals surface area contributed by atoms with Crippen molar-refractivity contribution in [2.45, 2.75) is 24.7 Å². The average molecular weight is 356 g/mol. The van der Waals surface area contributed by atoms with E-state index in [1.165, 1.54) is 5.56 Å². The maximum absolute atomic E-state index is 12.1. The summed E-state index contributed by atoms with van der Waals surface area (Å²) in [5, 5.41) is 7.06. The Morgan fingerprint density at radius 3 is 2.48 bits per heavy atom. The van der Waals surface area contributed by atoms with Gasteiger partial charge in [0.25, 0.3) is 0 Å². The van der Waals surface area contributed by atoms with E-state index in [-0.39, 0.29) is 11.4 Å². The van der Waals surface area contributed by atoms with Crippen LogP contribution in [0.25, 0.3) is 0 Å². The van der Waals surface area contributed by atoms with Crippen molar-refractivity contribution in [3.63, 3.8) is 0 Å². The Kier molecular flexibility index (Phi) is 5.25. The molecule has 0 aliphatic carbocycles. The molecule has 0 saturated heterocycles. The van der Waals surface area contributed by atoms with Gasteiger partial charge < -0.3 is 0 Å². The van der Waals surface area contributed by atoms with E-state index in [9.17, 15) is 8.42 Å². The van der Waals surface area contributed by atoms with Crippen LogP contribution in [0.15, 0.2) is 59.5 Å². The molecule has 3 rings (SSSR count). The Morgan fingerprint density at radius 2 is 1.76 bits per heavy atom. The zero-order chi connectivity index (χ0) is 17.7. The van der Waals surface area contributed by atoms with Gasteiger partial charge in [-0.3, -0.25) is 5.10 Å². The van der Waals surface area contributed by atoms with Crippen LogP contribution in [0, 0.1) is 6.92 Å². The van der Waals surface area contributed by atoms with Crippen LogP contribution in [0.5, 0.6) is 0 Å². The van der Waals surface area contributed by atoms with Gasteiger partial charge in [0.2, 0.25) is 10.0 Å². The summed E-state index contributed by atoms with van der Waals surface area (Å²) in [6, 6.07) is 16.5. The molecule has 0 atom stereocenters. The van der Waals surface area contributed by atoms with Crippen molar-refractivity contribution >= 4 is 10.0 Å². The van der Waals surface area contributed by atoms with Gasteiger partial charge in [0.05, 0.1) is 4.90 Å². The maximum atomic E-state index is 12.1. The first-order valence-corrected chi connectivity index (χ1v) is 9.52. The van der Waals surface area contributed by atoms with E-state index < -0.39 is 10.0 Å². The van der Waals surface area contributed by atoms with E-state index >= 15 is 0 Å². The number of nitrogens with one attached hydrogen (secondary N) is 2. The van der Waals surface area contributed by atoms with Gasteiger partial charge in [0, 0.05) is 19.4 Å². The van der Waals surface area contributed by atoms with Gasteiger partial charge in [-0.1, -0.05) is 48.0 Å². The molecule has 0 spiro atoms. The number of rotatable bonds is 7. The first-order chi connectivity index (χ1) is 12.0. The number of sulfonamides is 1. The summed E-state index contributed by atoms with van der Waals surface area (Å²) in [5.74, 6) is 1.36. The van der Waals surface area contributed by atoms with Gasteiger partial charge in [-0.25, -0.2) is 18.1 Å². The van der Waals surface area contributed by atoms with Gasteiger partial charge >= 0.3 is 0 Å². The Balaban J connectivity index is 1.54. The Hall–Kier alpha value is -2.51. The lowest BCUT2D eigenvalue weighted by molar-refractivity contribution is 0.581. The van der Waals surface area contributed by atoms with Crippen LogP contribution in [0.1, 0.15) is 22.8 Å². The van der Waals surface area contributed by atoms with Crippen molar-refractivity contribution < 1.29 is 8.42 Å². The predicted octanol–water partition coefficient (Wildman–Crippen LogP) is 2.22. The van der Waals surface area contributed by atoms with Crippen LogP contribution in [0.2, 0.25) is 0 Å². The highest BCUT2D eigenvalue weighted by atomic mass is 32.2. The molecule has 2 N–H and O–H groups in total. The zero-order valence-electron chi connectivity index (χ0n) is 13.9. The molecule has 7 heteroatoms. The second kappa shape index (κ2) is 7.58. The Labute approximate surface area is 147 Å². The van der Waals surface area contributed by atoms with Crippen molar-refractivity contribution in [2.24, 2.45) is 0 Å². The molecule has 0 bridgehead atoms. The fraction of sp³-hybridized carbons (Fsp3) is 0.222. The standard InChI is InChI=1S/C18H20N4O2S/c1-14-7-9-15(10-8-14)13-18-20-17(21-22-18)11-12-19-25(23,24)16-5-3-2-4-6-16/h2-10,19H,11-13H2,1H3,(H,20,21,22). The predicted molar refractivity (Wildman–Crippen MR) is 95.7 cm³/mol. The molecule has 0 aliphatic heterocycles. The van der Waals surface area contributed by atoms with Crippen LogP contribution in [0.4, 0.5) is 0 Å². The number of hydrogen-bond donors (Lipinski definition) is 2. The highest BCUT2D eigenvalue weighted by Crippen LogP contribution is 2.09. The van der Waals surface area contributed by atoms with Crippen LogP contribution < -0.4 is 4.72 Å². The largest absolute Gasteiger partial charge is 0.263 e. The smallest absolute Gasteiger partial charge is 0.240 e. The Morgan fingerprint density at radius 1 is 1.04 bits per heavy atom. The molecule has 130 valence electrons. The van der Waals surface area contributed by atoms with Crippen molar-refractivity contribution in [3.8, 4) is 0 Å². The molecule has 3 aromatic rings. The lowest BCUT2D eigenvalue weighted by Crippen LogP contribution is -2.26. The second-order valence-electron chi connectivity index (χ2n) is 5.82. The lowest BCUT2D eigenvalue weighted by atomic mass is 10.1. The minimum absolute atomic E-state index is 0.249. The minimum atomic E-state index is -3.49. The fourth-order valence-electron chi connectivity index (χ4n) is 2.41. The quantitative estimate of drug-likeness (QED) is 0.679. The number of aromatic amines is 1. The molecule has 0 amide bonds. The summed E-state index contributed by atoms with van der Waals surface area (Å²) in [4.78, 5) is 4.67. The van der Waals surface area contributed by atoms with Gasteiger partial charge in [-0.15, -0.1) is 0 Å². The maximum Gasteiger partial charge on any atom is 0.240 e. The van der Waals surface area contributed by atoms with Crippen LogP contribution >= 0.6 is 0 Å². The molecule has 0 radical (unpaired) electrons. The van der Waals surface area contributed by atoms with Crippen molar-refractivity contribution in [3.05, 3.63) is 77.4 Å².